The third-order valence-electron chi connectivity index (χ3n) is 5.02. The van der Waals surface area contributed by atoms with Gasteiger partial charge < -0.3 is 9.73 Å². The summed E-state index contributed by atoms with van der Waals surface area (Å²) in [4.78, 5) is 12.8. The van der Waals surface area contributed by atoms with Crippen LogP contribution in [-0.4, -0.2) is 20.9 Å². The number of rotatable bonds is 7. The SMILES string of the molecule is Cc1c(C(=O)Nc2ccc(S(=O)(=O)NCCc3ccccc3)cc2)oc2ccccc12. The molecular formula is C24H22N2O4S. The van der Waals surface area contributed by atoms with Gasteiger partial charge >= 0.3 is 0 Å². The highest BCUT2D eigenvalue weighted by molar-refractivity contribution is 7.89. The Balaban J connectivity index is 1.41. The van der Waals surface area contributed by atoms with E-state index in [2.05, 4.69) is 10.0 Å². The Hall–Kier alpha value is -3.42. The summed E-state index contributed by atoms with van der Waals surface area (Å²) in [7, 11) is -3.63. The third-order valence-corrected chi connectivity index (χ3v) is 6.50. The maximum absolute atomic E-state index is 12.6. The molecule has 0 unspecified atom stereocenters. The molecule has 0 atom stereocenters. The summed E-state index contributed by atoms with van der Waals surface area (Å²) >= 11 is 0. The minimum Gasteiger partial charge on any atom is -0.451 e. The quantitative estimate of drug-likeness (QED) is 0.448. The van der Waals surface area contributed by atoms with E-state index in [4.69, 9.17) is 4.42 Å². The number of hydrogen-bond acceptors (Lipinski definition) is 4. The van der Waals surface area contributed by atoms with E-state index in [9.17, 15) is 13.2 Å². The van der Waals surface area contributed by atoms with E-state index < -0.39 is 10.0 Å². The molecule has 3 aromatic carbocycles. The Labute approximate surface area is 181 Å². The van der Waals surface area contributed by atoms with Crippen molar-refractivity contribution in [3.8, 4) is 0 Å². The first kappa shape index (κ1) is 20.8. The summed E-state index contributed by atoms with van der Waals surface area (Å²) in [6, 6.07) is 23.2. The van der Waals surface area contributed by atoms with Gasteiger partial charge in [-0.05, 0) is 49.2 Å². The Morgan fingerprint density at radius 3 is 2.29 bits per heavy atom. The molecule has 0 saturated heterocycles. The number of hydrogen-bond donors (Lipinski definition) is 2. The lowest BCUT2D eigenvalue weighted by molar-refractivity contribution is 0.0998. The van der Waals surface area contributed by atoms with Gasteiger partial charge in [0.2, 0.25) is 10.0 Å². The molecule has 0 spiro atoms. The predicted octanol–water partition coefficient (Wildman–Crippen LogP) is 4.51. The van der Waals surface area contributed by atoms with E-state index in [0.717, 1.165) is 16.5 Å². The van der Waals surface area contributed by atoms with Gasteiger partial charge in [-0.25, -0.2) is 13.1 Å². The highest BCUT2D eigenvalue weighted by Crippen LogP contribution is 2.25. The summed E-state index contributed by atoms with van der Waals surface area (Å²) in [5, 5.41) is 3.64. The predicted molar refractivity (Wildman–Crippen MR) is 121 cm³/mol. The number of amides is 1. The highest BCUT2D eigenvalue weighted by atomic mass is 32.2. The zero-order chi connectivity index (χ0) is 21.8. The molecule has 0 fully saturated rings. The van der Waals surface area contributed by atoms with E-state index in [-0.39, 0.29) is 16.6 Å². The summed E-state index contributed by atoms with van der Waals surface area (Å²) in [5.74, 6) is -0.147. The molecule has 0 bridgehead atoms. The zero-order valence-electron chi connectivity index (χ0n) is 17.0. The molecule has 7 heteroatoms. The molecule has 31 heavy (non-hydrogen) atoms. The molecule has 158 valence electrons. The molecule has 6 nitrogen and oxygen atoms in total. The van der Waals surface area contributed by atoms with Crippen molar-refractivity contribution in [2.24, 2.45) is 0 Å². The standard InChI is InChI=1S/C24H22N2O4S/c1-17-21-9-5-6-10-22(21)30-23(17)24(27)26-19-11-13-20(14-12-19)31(28,29)25-16-15-18-7-3-2-4-8-18/h2-14,25H,15-16H2,1H3,(H,26,27). The molecule has 0 saturated carbocycles. The van der Waals surface area contributed by atoms with Crippen LogP contribution in [0.5, 0.6) is 0 Å². The second-order valence-corrected chi connectivity index (χ2v) is 8.93. The second-order valence-electron chi connectivity index (χ2n) is 7.16. The number of fused-ring (bicyclic) bond motifs is 1. The molecule has 0 aliphatic rings. The van der Waals surface area contributed by atoms with Gasteiger partial charge in [0.15, 0.2) is 5.76 Å². The van der Waals surface area contributed by atoms with Gasteiger partial charge in [-0.15, -0.1) is 0 Å². The second kappa shape index (κ2) is 8.75. The van der Waals surface area contributed by atoms with Crippen LogP contribution >= 0.6 is 0 Å². The average molecular weight is 435 g/mol. The van der Waals surface area contributed by atoms with Crippen molar-refractivity contribution in [1.82, 2.24) is 4.72 Å². The Bertz CT molecular complexity index is 1310. The van der Waals surface area contributed by atoms with Crippen LogP contribution in [0.3, 0.4) is 0 Å². The Morgan fingerprint density at radius 2 is 1.58 bits per heavy atom. The van der Waals surface area contributed by atoms with E-state index >= 15 is 0 Å². The molecule has 0 radical (unpaired) electrons. The van der Waals surface area contributed by atoms with Gasteiger partial charge in [0.1, 0.15) is 5.58 Å². The number of furan rings is 1. The smallest absolute Gasteiger partial charge is 0.291 e. The largest absolute Gasteiger partial charge is 0.451 e. The molecule has 2 N–H and O–H groups in total. The lowest BCUT2D eigenvalue weighted by atomic mass is 10.1. The molecule has 4 aromatic rings. The average Bonchev–Trinajstić information content (AvgIpc) is 3.12. The summed E-state index contributed by atoms with van der Waals surface area (Å²) in [5.41, 5.74) is 2.94. The zero-order valence-corrected chi connectivity index (χ0v) is 17.8. The molecule has 1 amide bonds. The molecule has 0 aliphatic heterocycles. The van der Waals surface area contributed by atoms with E-state index in [0.29, 0.717) is 24.2 Å². The maximum atomic E-state index is 12.6. The summed E-state index contributed by atoms with van der Waals surface area (Å²) in [6.07, 6.45) is 0.602. The van der Waals surface area contributed by atoms with Gasteiger partial charge in [-0.3, -0.25) is 4.79 Å². The summed E-state index contributed by atoms with van der Waals surface area (Å²) < 4.78 is 33.3. The molecule has 4 rings (SSSR count). The van der Waals surface area contributed by atoms with Crippen LogP contribution in [0.15, 0.2) is 88.2 Å². The molecule has 1 aromatic heterocycles. The van der Waals surface area contributed by atoms with Crippen LogP contribution in [0.25, 0.3) is 11.0 Å². The van der Waals surface area contributed by atoms with E-state index in [1.165, 1.54) is 12.1 Å². The summed E-state index contributed by atoms with van der Waals surface area (Å²) in [6.45, 7) is 2.13. The number of carbonyl (C=O) groups excluding carboxylic acids is 1. The Morgan fingerprint density at radius 1 is 0.903 bits per heavy atom. The normalized spacial score (nSPS) is 11.5. The van der Waals surface area contributed by atoms with Crippen LogP contribution < -0.4 is 10.0 Å². The lowest BCUT2D eigenvalue weighted by Crippen LogP contribution is -2.26. The van der Waals surface area contributed by atoms with Crippen molar-refractivity contribution >= 4 is 32.6 Å². The van der Waals surface area contributed by atoms with Gasteiger partial charge in [-0.2, -0.15) is 0 Å². The first-order valence-corrected chi connectivity index (χ1v) is 11.4. The van der Waals surface area contributed by atoms with Crippen LogP contribution in [0.1, 0.15) is 21.7 Å². The molecule has 0 aliphatic carbocycles. The topological polar surface area (TPSA) is 88.4 Å². The number of carbonyl (C=O) groups is 1. The maximum Gasteiger partial charge on any atom is 0.291 e. The van der Waals surface area contributed by atoms with E-state index in [1.807, 2.05) is 61.5 Å². The van der Waals surface area contributed by atoms with Crippen molar-refractivity contribution in [2.45, 2.75) is 18.2 Å². The first-order valence-electron chi connectivity index (χ1n) is 9.87. The van der Waals surface area contributed by atoms with E-state index in [1.54, 1.807) is 12.1 Å². The fourth-order valence-corrected chi connectivity index (χ4v) is 4.39. The van der Waals surface area contributed by atoms with Crippen LogP contribution in [0.2, 0.25) is 0 Å². The Kier molecular flexibility index (Phi) is 5.88. The van der Waals surface area contributed by atoms with Gasteiger partial charge in [0, 0.05) is 23.2 Å². The minimum absolute atomic E-state index is 0.137. The number of para-hydroxylation sites is 1. The fraction of sp³-hybridized carbons (Fsp3) is 0.125. The van der Waals surface area contributed by atoms with Crippen LogP contribution in [0, 0.1) is 6.92 Å². The van der Waals surface area contributed by atoms with Crippen LogP contribution in [-0.2, 0) is 16.4 Å². The highest BCUT2D eigenvalue weighted by Gasteiger charge is 2.18. The van der Waals surface area contributed by atoms with Crippen molar-refractivity contribution in [2.75, 3.05) is 11.9 Å². The number of sulfonamides is 1. The number of anilines is 1. The van der Waals surface area contributed by atoms with Crippen molar-refractivity contribution in [1.29, 1.82) is 0 Å². The monoisotopic (exact) mass is 434 g/mol. The van der Waals surface area contributed by atoms with Gasteiger partial charge in [0.25, 0.3) is 5.91 Å². The fourth-order valence-electron chi connectivity index (χ4n) is 3.35. The van der Waals surface area contributed by atoms with Gasteiger partial charge in [0.05, 0.1) is 4.90 Å². The molecular weight excluding hydrogens is 412 g/mol. The van der Waals surface area contributed by atoms with Crippen molar-refractivity contribution in [3.05, 3.63) is 95.7 Å². The van der Waals surface area contributed by atoms with Crippen molar-refractivity contribution < 1.29 is 17.6 Å². The van der Waals surface area contributed by atoms with Crippen LogP contribution in [0.4, 0.5) is 5.69 Å². The molecule has 1 heterocycles. The van der Waals surface area contributed by atoms with Gasteiger partial charge in [-0.1, -0.05) is 48.5 Å². The third kappa shape index (κ3) is 4.68. The number of aryl methyl sites for hydroxylation is 1. The lowest BCUT2D eigenvalue weighted by Gasteiger charge is -2.08. The first-order chi connectivity index (χ1) is 14.9. The minimum atomic E-state index is -3.63. The number of nitrogens with one attached hydrogen (secondary N) is 2. The number of benzene rings is 3. The van der Waals surface area contributed by atoms with Crippen molar-refractivity contribution in [3.63, 3.8) is 0 Å².